The summed E-state index contributed by atoms with van der Waals surface area (Å²) in [7, 11) is 0. The molecule has 1 aliphatic carbocycles. The lowest BCUT2D eigenvalue weighted by Crippen LogP contribution is -2.48. The van der Waals surface area contributed by atoms with Crippen molar-refractivity contribution in [3.8, 4) is 0 Å². The van der Waals surface area contributed by atoms with Crippen molar-refractivity contribution in [1.82, 2.24) is 5.32 Å². The third kappa shape index (κ3) is 3.63. The van der Waals surface area contributed by atoms with Crippen LogP contribution in [-0.4, -0.2) is 42.5 Å². The largest absolute Gasteiger partial charge is 0.392 e. The summed E-state index contributed by atoms with van der Waals surface area (Å²) in [6, 6.07) is 0. The van der Waals surface area contributed by atoms with E-state index in [-0.39, 0.29) is 26.0 Å². The van der Waals surface area contributed by atoms with Gasteiger partial charge in [0.05, 0.1) is 12.5 Å². The van der Waals surface area contributed by atoms with Crippen molar-refractivity contribution >= 4 is 5.91 Å². The third-order valence-corrected chi connectivity index (χ3v) is 4.20. The number of ether oxygens (including phenoxy) is 1. The molecule has 0 aromatic rings. The Hall–Kier alpha value is -0.820. The van der Waals surface area contributed by atoms with E-state index in [1.165, 1.54) is 0 Å². The van der Waals surface area contributed by atoms with E-state index in [0.717, 1.165) is 0 Å². The molecule has 1 saturated heterocycles. The first-order valence-corrected chi connectivity index (χ1v) is 6.96. The quantitative estimate of drug-likeness (QED) is 0.832. The molecule has 0 spiro atoms. The molecule has 3 atom stereocenters. The zero-order valence-electron chi connectivity index (χ0n) is 11.2. The van der Waals surface area contributed by atoms with Crippen molar-refractivity contribution in [2.75, 3.05) is 19.8 Å². The molecule has 2 N–H and O–H groups in total. The number of aliphatic hydroxyl groups is 1. The molecule has 7 heteroatoms. The molecule has 20 heavy (non-hydrogen) atoms. The number of amides is 1. The van der Waals surface area contributed by atoms with Crippen LogP contribution in [0, 0.1) is 11.8 Å². The fourth-order valence-electron chi connectivity index (χ4n) is 2.96. The lowest BCUT2D eigenvalue weighted by atomic mass is 9.78. The summed E-state index contributed by atoms with van der Waals surface area (Å²) in [5.74, 6) is -3.20. The Morgan fingerprint density at radius 3 is 2.65 bits per heavy atom. The molecular formula is C13H20F3NO3. The van der Waals surface area contributed by atoms with Gasteiger partial charge < -0.3 is 15.2 Å². The minimum absolute atomic E-state index is 0.00889. The van der Waals surface area contributed by atoms with E-state index in [1.54, 1.807) is 0 Å². The van der Waals surface area contributed by atoms with Gasteiger partial charge in [-0.05, 0) is 12.8 Å². The van der Waals surface area contributed by atoms with Crippen LogP contribution in [0.15, 0.2) is 0 Å². The molecule has 3 unspecified atom stereocenters. The molecular weight excluding hydrogens is 275 g/mol. The topological polar surface area (TPSA) is 58.6 Å². The minimum Gasteiger partial charge on any atom is -0.386 e. The predicted molar refractivity (Wildman–Crippen MR) is 64.9 cm³/mol. The van der Waals surface area contributed by atoms with Gasteiger partial charge in [0.25, 0.3) is 0 Å². The summed E-state index contributed by atoms with van der Waals surface area (Å²) in [5.41, 5.74) is -1.14. The van der Waals surface area contributed by atoms with Crippen LogP contribution < -0.4 is 5.32 Å². The van der Waals surface area contributed by atoms with Crippen LogP contribution in [0.4, 0.5) is 13.2 Å². The maximum absolute atomic E-state index is 12.9. The monoisotopic (exact) mass is 295 g/mol. The Bertz CT molecular complexity index is 353. The maximum atomic E-state index is 12.9. The van der Waals surface area contributed by atoms with E-state index >= 15 is 0 Å². The van der Waals surface area contributed by atoms with Gasteiger partial charge in [-0.15, -0.1) is 0 Å². The summed E-state index contributed by atoms with van der Waals surface area (Å²) in [5, 5.41) is 12.5. The van der Waals surface area contributed by atoms with Gasteiger partial charge >= 0.3 is 6.18 Å². The fraction of sp³-hybridized carbons (Fsp3) is 0.923. The van der Waals surface area contributed by atoms with Crippen LogP contribution in [0.2, 0.25) is 0 Å². The van der Waals surface area contributed by atoms with Gasteiger partial charge in [0.15, 0.2) is 0 Å². The molecule has 1 amide bonds. The molecule has 0 aromatic heterocycles. The molecule has 1 aliphatic heterocycles. The summed E-state index contributed by atoms with van der Waals surface area (Å²) >= 11 is 0. The van der Waals surface area contributed by atoms with Crippen molar-refractivity contribution in [2.24, 2.45) is 11.8 Å². The number of hydrogen-bond acceptors (Lipinski definition) is 3. The average Bonchev–Trinajstić information content (AvgIpc) is 2.82. The summed E-state index contributed by atoms with van der Waals surface area (Å²) in [6.07, 6.45) is -2.54. The van der Waals surface area contributed by atoms with E-state index in [4.69, 9.17) is 4.74 Å². The van der Waals surface area contributed by atoms with Crippen LogP contribution in [0.5, 0.6) is 0 Å². The Labute approximate surface area is 115 Å². The van der Waals surface area contributed by atoms with E-state index in [9.17, 15) is 23.1 Å². The number of halogens is 3. The van der Waals surface area contributed by atoms with Gasteiger partial charge in [0.2, 0.25) is 5.91 Å². The Morgan fingerprint density at radius 1 is 1.35 bits per heavy atom. The standard InChI is InChI=1S/C13H20F3NO3/c14-13(15,16)10-4-2-1-3-9(10)11(18)17-7-12(19)5-6-20-8-12/h9-10,19H,1-8H2,(H,17,18). The van der Waals surface area contributed by atoms with Crippen molar-refractivity contribution < 1.29 is 27.8 Å². The first-order chi connectivity index (χ1) is 9.32. The van der Waals surface area contributed by atoms with Gasteiger partial charge in [-0.2, -0.15) is 13.2 Å². The maximum Gasteiger partial charge on any atom is 0.392 e. The molecule has 2 fully saturated rings. The van der Waals surface area contributed by atoms with Gasteiger partial charge in [0, 0.05) is 25.5 Å². The third-order valence-electron chi connectivity index (χ3n) is 4.20. The van der Waals surface area contributed by atoms with E-state index in [2.05, 4.69) is 5.32 Å². The van der Waals surface area contributed by atoms with Crippen molar-refractivity contribution in [3.05, 3.63) is 0 Å². The molecule has 1 heterocycles. The number of carbonyl (C=O) groups is 1. The van der Waals surface area contributed by atoms with Crippen molar-refractivity contribution in [1.29, 1.82) is 0 Å². The Balaban J connectivity index is 1.92. The minimum atomic E-state index is -4.34. The van der Waals surface area contributed by atoms with Crippen LogP contribution in [-0.2, 0) is 9.53 Å². The molecule has 2 aliphatic rings. The van der Waals surface area contributed by atoms with Crippen molar-refractivity contribution in [2.45, 2.75) is 43.9 Å². The highest BCUT2D eigenvalue weighted by Gasteiger charge is 2.48. The molecule has 0 radical (unpaired) electrons. The Kier molecular flexibility index (Phi) is 4.59. The van der Waals surface area contributed by atoms with Gasteiger partial charge in [-0.25, -0.2) is 0 Å². The highest BCUT2D eigenvalue weighted by atomic mass is 19.4. The second-order valence-electron chi connectivity index (χ2n) is 5.78. The number of rotatable bonds is 3. The van der Waals surface area contributed by atoms with Gasteiger partial charge in [-0.3, -0.25) is 4.79 Å². The lowest BCUT2D eigenvalue weighted by Gasteiger charge is -2.32. The normalized spacial score (nSPS) is 35.0. The predicted octanol–water partition coefficient (Wildman–Crippen LogP) is 1.62. The Morgan fingerprint density at radius 2 is 2.05 bits per heavy atom. The highest BCUT2D eigenvalue weighted by Crippen LogP contribution is 2.41. The molecule has 2 rings (SSSR count). The first-order valence-electron chi connectivity index (χ1n) is 6.96. The molecule has 1 saturated carbocycles. The average molecular weight is 295 g/mol. The van der Waals surface area contributed by atoms with Crippen LogP contribution in [0.1, 0.15) is 32.1 Å². The van der Waals surface area contributed by atoms with Crippen molar-refractivity contribution in [3.63, 3.8) is 0 Å². The molecule has 0 aromatic carbocycles. The van der Waals surface area contributed by atoms with E-state index in [0.29, 0.717) is 25.9 Å². The van der Waals surface area contributed by atoms with Crippen LogP contribution in [0.25, 0.3) is 0 Å². The zero-order chi connectivity index (χ0) is 14.8. The van der Waals surface area contributed by atoms with E-state index in [1.807, 2.05) is 0 Å². The zero-order valence-corrected chi connectivity index (χ0v) is 11.2. The van der Waals surface area contributed by atoms with E-state index < -0.39 is 29.5 Å². The number of carbonyl (C=O) groups excluding carboxylic acids is 1. The molecule has 4 nitrogen and oxygen atoms in total. The van der Waals surface area contributed by atoms with Crippen LogP contribution >= 0.6 is 0 Å². The molecule has 0 bridgehead atoms. The summed E-state index contributed by atoms with van der Waals surface area (Å²) in [4.78, 5) is 12.0. The van der Waals surface area contributed by atoms with Crippen LogP contribution in [0.3, 0.4) is 0 Å². The fourth-order valence-corrected chi connectivity index (χ4v) is 2.96. The number of nitrogens with one attached hydrogen (secondary N) is 1. The SMILES string of the molecule is O=C(NCC1(O)CCOC1)C1CCCCC1C(F)(F)F. The second kappa shape index (κ2) is 5.89. The highest BCUT2D eigenvalue weighted by molar-refractivity contribution is 5.79. The lowest BCUT2D eigenvalue weighted by molar-refractivity contribution is -0.198. The molecule has 116 valence electrons. The second-order valence-corrected chi connectivity index (χ2v) is 5.78. The smallest absolute Gasteiger partial charge is 0.386 e. The summed E-state index contributed by atoms with van der Waals surface area (Å²) < 4.78 is 43.8. The van der Waals surface area contributed by atoms with Gasteiger partial charge in [0.1, 0.15) is 5.60 Å². The number of alkyl halides is 3. The summed E-state index contributed by atoms with van der Waals surface area (Å²) in [6.45, 7) is 0.467. The number of hydrogen-bond donors (Lipinski definition) is 2. The van der Waals surface area contributed by atoms with Gasteiger partial charge in [-0.1, -0.05) is 12.8 Å². The first kappa shape index (κ1) is 15.6.